The predicted octanol–water partition coefficient (Wildman–Crippen LogP) is 5.26. The Hall–Kier alpha value is -3.40. The van der Waals surface area contributed by atoms with Crippen LogP contribution in [0.3, 0.4) is 0 Å². The summed E-state index contributed by atoms with van der Waals surface area (Å²) in [5.41, 5.74) is 1.81. The van der Waals surface area contributed by atoms with Gasteiger partial charge in [0.2, 0.25) is 5.78 Å². The second-order valence-corrected chi connectivity index (χ2v) is 10.6. The van der Waals surface area contributed by atoms with Gasteiger partial charge >= 0.3 is 6.18 Å². The van der Waals surface area contributed by atoms with Crippen LogP contribution in [0.2, 0.25) is 0 Å². The molecule has 3 aromatic rings. The molecule has 3 fully saturated rings. The van der Waals surface area contributed by atoms with E-state index in [0.717, 1.165) is 79.4 Å². The Balaban J connectivity index is 0.000000392. The third-order valence-corrected chi connectivity index (χ3v) is 7.50. The van der Waals surface area contributed by atoms with Crippen molar-refractivity contribution in [1.29, 1.82) is 0 Å². The standard InChI is InChI=1S/C26H30N4O2.C3H3F3O/c31-26(29-11-1-12-29)21-4-6-24-20(16-21)8-15-30(24)25-7-5-23(17-27-25)32-22-9-13-28(14-10-22)18-19-2-3-19;1-2(7)3(4,5)6/h4-8,15-17,19,22H,1-3,9-14,18H2;1H3. The van der Waals surface area contributed by atoms with Crippen molar-refractivity contribution in [3.8, 4) is 11.6 Å². The van der Waals surface area contributed by atoms with E-state index in [-0.39, 0.29) is 12.0 Å². The molecule has 3 aliphatic rings. The molecular weight excluding hydrogens is 509 g/mol. The van der Waals surface area contributed by atoms with E-state index < -0.39 is 12.0 Å². The van der Waals surface area contributed by atoms with Crippen LogP contribution in [-0.2, 0) is 4.79 Å². The fourth-order valence-corrected chi connectivity index (χ4v) is 4.83. The largest absolute Gasteiger partial charge is 0.489 e. The minimum atomic E-state index is -4.64. The van der Waals surface area contributed by atoms with Crippen molar-refractivity contribution in [2.75, 3.05) is 32.7 Å². The lowest BCUT2D eigenvalue weighted by atomic mass is 10.1. The van der Waals surface area contributed by atoms with E-state index in [4.69, 9.17) is 4.74 Å². The Morgan fingerprint density at radius 3 is 2.28 bits per heavy atom. The van der Waals surface area contributed by atoms with Gasteiger partial charge in [-0.1, -0.05) is 0 Å². The van der Waals surface area contributed by atoms with Crippen LogP contribution in [0.5, 0.6) is 5.75 Å². The summed E-state index contributed by atoms with van der Waals surface area (Å²) in [7, 11) is 0. The summed E-state index contributed by atoms with van der Waals surface area (Å²) in [5.74, 6) is 1.03. The topological polar surface area (TPSA) is 67.7 Å². The van der Waals surface area contributed by atoms with Crippen molar-refractivity contribution >= 4 is 22.6 Å². The molecule has 0 N–H and O–H groups in total. The number of piperidine rings is 1. The molecule has 0 atom stereocenters. The molecular formula is C29H33F3N4O3. The smallest absolute Gasteiger partial charge is 0.449 e. The highest BCUT2D eigenvalue weighted by atomic mass is 19.4. The lowest BCUT2D eigenvalue weighted by molar-refractivity contribution is -0.168. The molecule has 1 aliphatic carbocycles. The van der Waals surface area contributed by atoms with Crippen LogP contribution < -0.4 is 4.74 Å². The first-order chi connectivity index (χ1) is 18.7. The van der Waals surface area contributed by atoms with Gasteiger partial charge in [0, 0.05) is 56.8 Å². The summed E-state index contributed by atoms with van der Waals surface area (Å²) < 4.78 is 40.8. The van der Waals surface area contributed by atoms with E-state index in [1.165, 1.54) is 19.4 Å². The summed E-state index contributed by atoms with van der Waals surface area (Å²) in [6.45, 7) is 5.79. The fraction of sp³-hybridized carbons (Fsp3) is 0.483. The number of hydrogen-bond donors (Lipinski definition) is 0. The number of carbonyl (C=O) groups is 2. The molecule has 1 aromatic carbocycles. The molecule has 0 unspecified atom stereocenters. The molecule has 2 saturated heterocycles. The first kappa shape index (κ1) is 27.2. The summed E-state index contributed by atoms with van der Waals surface area (Å²) in [6.07, 6.45) is 5.62. The molecule has 39 heavy (non-hydrogen) atoms. The maximum Gasteiger partial charge on any atom is 0.449 e. The summed E-state index contributed by atoms with van der Waals surface area (Å²) in [5, 5.41) is 1.05. The van der Waals surface area contributed by atoms with Crippen molar-refractivity contribution < 1.29 is 27.5 Å². The molecule has 1 amide bonds. The number of Topliss-reactive ketones (excluding diaryl/α,β-unsaturated/α-hetero) is 1. The molecule has 0 spiro atoms. The highest BCUT2D eigenvalue weighted by Crippen LogP contribution is 2.31. The van der Waals surface area contributed by atoms with Gasteiger partial charge in [-0.15, -0.1) is 0 Å². The van der Waals surface area contributed by atoms with Crippen LogP contribution in [-0.4, -0.2) is 76.0 Å². The fourth-order valence-electron chi connectivity index (χ4n) is 4.83. The summed E-state index contributed by atoms with van der Waals surface area (Å²) in [6, 6.07) is 12.0. The molecule has 2 aliphatic heterocycles. The van der Waals surface area contributed by atoms with Gasteiger partial charge in [-0.05, 0) is 74.4 Å². The number of aromatic nitrogens is 2. The number of carbonyl (C=O) groups excluding carboxylic acids is 2. The Morgan fingerprint density at radius 2 is 1.72 bits per heavy atom. The second kappa shape index (κ2) is 11.4. The molecule has 1 saturated carbocycles. The number of ketones is 1. The number of nitrogens with zero attached hydrogens (tertiary/aromatic N) is 4. The third kappa shape index (κ3) is 6.79. The number of likely N-dealkylation sites (tertiary alicyclic amines) is 2. The lowest BCUT2D eigenvalue weighted by Crippen LogP contribution is -2.41. The van der Waals surface area contributed by atoms with Gasteiger partial charge in [0.1, 0.15) is 17.7 Å². The normalized spacial score (nSPS) is 18.3. The van der Waals surface area contributed by atoms with Gasteiger partial charge < -0.3 is 19.1 Å². The maximum atomic E-state index is 12.5. The van der Waals surface area contributed by atoms with Crippen LogP contribution in [0.4, 0.5) is 13.2 Å². The first-order valence-electron chi connectivity index (χ1n) is 13.5. The number of amides is 1. The van der Waals surface area contributed by atoms with Crippen LogP contribution in [0.15, 0.2) is 48.8 Å². The number of alkyl halides is 3. The molecule has 6 rings (SSSR count). The number of pyridine rings is 1. The van der Waals surface area contributed by atoms with E-state index in [1.807, 2.05) is 53.7 Å². The van der Waals surface area contributed by atoms with Gasteiger partial charge in [0.05, 0.1) is 11.7 Å². The Bertz CT molecular complexity index is 1310. The molecule has 2 aromatic heterocycles. The van der Waals surface area contributed by atoms with E-state index in [9.17, 15) is 22.8 Å². The van der Waals surface area contributed by atoms with Crippen molar-refractivity contribution in [3.63, 3.8) is 0 Å². The lowest BCUT2D eigenvalue weighted by Gasteiger charge is -2.32. The number of fused-ring (bicyclic) bond motifs is 1. The Labute approximate surface area is 225 Å². The van der Waals surface area contributed by atoms with Crippen LogP contribution in [0, 0.1) is 5.92 Å². The summed E-state index contributed by atoms with van der Waals surface area (Å²) in [4.78, 5) is 31.0. The van der Waals surface area contributed by atoms with Crippen LogP contribution >= 0.6 is 0 Å². The van der Waals surface area contributed by atoms with Gasteiger partial charge in [0.25, 0.3) is 5.91 Å². The van der Waals surface area contributed by atoms with E-state index >= 15 is 0 Å². The van der Waals surface area contributed by atoms with Crippen LogP contribution in [0.1, 0.15) is 49.4 Å². The quantitative estimate of drug-likeness (QED) is 0.425. The SMILES string of the molecule is CC(=O)C(F)(F)F.O=C(c1ccc2c(ccn2-c2ccc(OC3CCN(CC4CC4)CC3)cn2)c1)N1CCC1. The number of rotatable bonds is 6. The Kier molecular flexibility index (Phi) is 7.93. The van der Waals surface area contributed by atoms with Crippen molar-refractivity contribution in [1.82, 2.24) is 19.4 Å². The molecule has 0 radical (unpaired) electrons. The van der Waals surface area contributed by atoms with Gasteiger partial charge in [0.15, 0.2) is 0 Å². The van der Waals surface area contributed by atoms with Crippen molar-refractivity contribution in [2.24, 2.45) is 5.92 Å². The highest BCUT2D eigenvalue weighted by molar-refractivity contribution is 5.98. The molecule has 208 valence electrons. The average Bonchev–Trinajstić information content (AvgIpc) is 3.59. The predicted molar refractivity (Wildman–Crippen MR) is 141 cm³/mol. The average molecular weight is 543 g/mol. The van der Waals surface area contributed by atoms with E-state index in [2.05, 4.69) is 14.5 Å². The van der Waals surface area contributed by atoms with Crippen molar-refractivity contribution in [2.45, 2.75) is 51.3 Å². The number of benzene rings is 1. The molecule has 4 heterocycles. The monoisotopic (exact) mass is 542 g/mol. The number of ether oxygens (including phenoxy) is 1. The van der Waals surface area contributed by atoms with Gasteiger partial charge in [-0.3, -0.25) is 9.59 Å². The summed E-state index contributed by atoms with van der Waals surface area (Å²) >= 11 is 0. The van der Waals surface area contributed by atoms with E-state index in [0.29, 0.717) is 6.92 Å². The van der Waals surface area contributed by atoms with Crippen LogP contribution in [0.25, 0.3) is 16.7 Å². The molecule has 7 nitrogen and oxygen atoms in total. The zero-order valence-electron chi connectivity index (χ0n) is 22.0. The number of halogens is 3. The maximum absolute atomic E-state index is 12.5. The minimum Gasteiger partial charge on any atom is -0.489 e. The zero-order valence-corrected chi connectivity index (χ0v) is 22.0. The Morgan fingerprint density at radius 1 is 1.00 bits per heavy atom. The zero-order chi connectivity index (χ0) is 27.6. The van der Waals surface area contributed by atoms with Crippen molar-refractivity contribution in [3.05, 3.63) is 54.4 Å². The minimum absolute atomic E-state index is 0.129. The van der Waals surface area contributed by atoms with Gasteiger partial charge in [-0.2, -0.15) is 13.2 Å². The number of hydrogen-bond acceptors (Lipinski definition) is 5. The van der Waals surface area contributed by atoms with Gasteiger partial charge in [-0.25, -0.2) is 4.98 Å². The second-order valence-electron chi connectivity index (χ2n) is 10.6. The highest BCUT2D eigenvalue weighted by Gasteiger charge is 2.33. The molecule has 0 bridgehead atoms. The third-order valence-electron chi connectivity index (χ3n) is 7.50. The van der Waals surface area contributed by atoms with E-state index in [1.54, 1.807) is 0 Å². The molecule has 10 heteroatoms. The first-order valence-corrected chi connectivity index (χ1v) is 13.5.